The third-order valence-electron chi connectivity index (χ3n) is 2.99. The van der Waals surface area contributed by atoms with Gasteiger partial charge in [0.05, 0.1) is 4.88 Å². The van der Waals surface area contributed by atoms with Crippen LogP contribution in [0.2, 0.25) is 0 Å². The number of piperidine rings is 1. The van der Waals surface area contributed by atoms with Crippen LogP contribution in [0.4, 0.5) is 0 Å². The van der Waals surface area contributed by atoms with E-state index < -0.39 is 0 Å². The van der Waals surface area contributed by atoms with Crippen molar-refractivity contribution in [2.45, 2.75) is 26.7 Å². The zero-order valence-electron chi connectivity index (χ0n) is 9.58. The summed E-state index contributed by atoms with van der Waals surface area (Å²) in [6.07, 6.45) is 1.02. The van der Waals surface area contributed by atoms with E-state index in [1.54, 1.807) is 16.2 Å². The molecule has 16 heavy (non-hydrogen) atoms. The molecule has 4 heteroatoms. The molecule has 1 amide bonds. The van der Waals surface area contributed by atoms with Gasteiger partial charge in [0.15, 0.2) is 0 Å². The van der Waals surface area contributed by atoms with Crippen LogP contribution in [0.1, 0.15) is 33.0 Å². The van der Waals surface area contributed by atoms with Crippen LogP contribution in [0.5, 0.6) is 0 Å². The number of nitrogens with zero attached hydrogens (tertiary/aromatic N) is 1. The molecule has 0 aromatic carbocycles. The molecule has 0 spiro atoms. The highest BCUT2D eigenvalue weighted by Crippen LogP contribution is 2.23. The maximum atomic E-state index is 12.1. The lowest BCUT2D eigenvalue weighted by Crippen LogP contribution is -2.38. The number of likely N-dealkylation sites (tertiary alicyclic amines) is 1. The third-order valence-corrected chi connectivity index (χ3v) is 4.13. The molecule has 1 saturated heterocycles. The third kappa shape index (κ3) is 2.16. The summed E-state index contributed by atoms with van der Waals surface area (Å²) in [5, 5.41) is 0. The van der Waals surface area contributed by atoms with Gasteiger partial charge in [0.1, 0.15) is 5.78 Å². The first-order valence-electron chi connectivity index (χ1n) is 5.46. The number of amides is 1. The predicted molar refractivity (Wildman–Crippen MR) is 63.9 cm³/mol. The van der Waals surface area contributed by atoms with Gasteiger partial charge in [-0.25, -0.2) is 0 Å². The van der Waals surface area contributed by atoms with Gasteiger partial charge in [-0.2, -0.15) is 0 Å². The first kappa shape index (κ1) is 11.3. The van der Waals surface area contributed by atoms with E-state index in [4.69, 9.17) is 0 Å². The van der Waals surface area contributed by atoms with Crippen LogP contribution in [0.3, 0.4) is 0 Å². The normalized spacial score (nSPS) is 16.6. The van der Waals surface area contributed by atoms with E-state index in [2.05, 4.69) is 0 Å². The van der Waals surface area contributed by atoms with Crippen molar-refractivity contribution >= 4 is 23.0 Å². The SMILES string of the molecule is Cc1cc(C(=O)N2CCC(=O)CC2)sc1C. The number of thiophene rings is 1. The van der Waals surface area contributed by atoms with E-state index >= 15 is 0 Å². The molecule has 0 bridgehead atoms. The highest BCUT2D eigenvalue weighted by molar-refractivity contribution is 7.14. The summed E-state index contributed by atoms with van der Waals surface area (Å²) < 4.78 is 0. The molecule has 3 nitrogen and oxygen atoms in total. The Balaban J connectivity index is 2.10. The summed E-state index contributed by atoms with van der Waals surface area (Å²) in [5.41, 5.74) is 1.17. The van der Waals surface area contributed by atoms with Crippen LogP contribution in [0.15, 0.2) is 6.07 Å². The Morgan fingerprint density at radius 3 is 2.44 bits per heavy atom. The number of aryl methyl sites for hydroxylation is 2. The lowest BCUT2D eigenvalue weighted by Gasteiger charge is -2.25. The molecule has 0 N–H and O–H groups in total. The molecular weight excluding hydrogens is 222 g/mol. The summed E-state index contributed by atoms with van der Waals surface area (Å²) in [6.45, 7) is 5.19. The first-order chi connectivity index (χ1) is 7.58. The first-order valence-corrected chi connectivity index (χ1v) is 6.27. The van der Waals surface area contributed by atoms with Crippen LogP contribution in [-0.2, 0) is 4.79 Å². The molecule has 0 aliphatic carbocycles. The summed E-state index contributed by atoms with van der Waals surface area (Å²) in [5.74, 6) is 0.344. The Hall–Kier alpha value is -1.16. The predicted octanol–water partition coefficient (Wildman–Crippen LogP) is 2.17. The molecule has 0 radical (unpaired) electrons. The van der Waals surface area contributed by atoms with Gasteiger partial charge in [0.25, 0.3) is 5.91 Å². The quantitative estimate of drug-likeness (QED) is 0.750. The van der Waals surface area contributed by atoms with Gasteiger partial charge in [0, 0.05) is 30.8 Å². The average molecular weight is 237 g/mol. The van der Waals surface area contributed by atoms with E-state index in [9.17, 15) is 9.59 Å². The second-order valence-corrected chi connectivity index (χ2v) is 5.44. The summed E-state index contributed by atoms with van der Waals surface area (Å²) >= 11 is 1.54. The van der Waals surface area contributed by atoms with E-state index in [1.165, 1.54) is 10.4 Å². The van der Waals surface area contributed by atoms with Crippen molar-refractivity contribution in [1.82, 2.24) is 4.90 Å². The second-order valence-electron chi connectivity index (χ2n) is 4.18. The maximum Gasteiger partial charge on any atom is 0.263 e. The molecule has 0 atom stereocenters. The van der Waals surface area contributed by atoms with Crippen molar-refractivity contribution in [2.75, 3.05) is 13.1 Å². The molecule has 2 heterocycles. The van der Waals surface area contributed by atoms with Gasteiger partial charge in [-0.1, -0.05) is 0 Å². The Morgan fingerprint density at radius 2 is 1.94 bits per heavy atom. The van der Waals surface area contributed by atoms with Crippen molar-refractivity contribution in [3.05, 3.63) is 21.4 Å². The lowest BCUT2D eigenvalue weighted by molar-refractivity contribution is -0.120. The van der Waals surface area contributed by atoms with Gasteiger partial charge in [-0.05, 0) is 25.5 Å². The number of ketones is 1. The largest absolute Gasteiger partial charge is 0.337 e. The van der Waals surface area contributed by atoms with Gasteiger partial charge in [-0.3, -0.25) is 9.59 Å². The molecule has 1 fully saturated rings. The number of carbonyl (C=O) groups excluding carboxylic acids is 2. The lowest BCUT2D eigenvalue weighted by atomic mass is 10.1. The van der Waals surface area contributed by atoms with E-state index in [1.807, 2.05) is 19.9 Å². The summed E-state index contributed by atoms with van der Waals surface area (Å²) in [6, 6.07) is 1.94. The van der Waals surface area contributed by atoms with Gasteiger partial charge in [0.2, 0.25) is 0 Å². The van der Waals surface area contributed by atoms with Gasteiger partial charge < -0.3 is 4.90 Å². The Kier molecular flexibility index (Phi) is 3.10. The topological polar surface area (TPSA) is 37.4 Å². The Bertz CT molecular complexity index is 407. The fourth-order valence-electron chi connectivity index (χ4n) is 1.79. The van der Waals surface area contributed by atoms with E-state index in [0.717, 1.165) is 4.88 Å². The number of carbonyl (C=O) groups is 2. The van der Waals surface area contributed by atoms with Crippen molar-refractivity contribution in [3.63, 3.8) is 0 Å². The van der Waals surface area contributed by atoms with Crippen molar-refractivity contribution in [2.24, 2.45) is 0 Å². The fraction of sp³-hybridized carbons (Fsp3) is 0.500. The zero-order chi connectivity index (χ0) is 11.7. The van der Waals surface area contributed by atoms with Crippen molar-refractivity contribution < 1.29 is 9.59 Å². The van der Waals surface area contributed by atoms with Crippen LogP contribution < -0.4 is 0 Å². The van der Waals surface area contributed by atoms with Crippen LogP contribution >= 0.6 is 11.3 Å². The minimum atomic E-state index is 0.0775. The van der Waals surface area contributed by atoms with E-state index in [-0.39, 0.29) is 11.7 Å². The van der Waals surface area contributed by atoms with Gasteiger partial charge in [-0.15, -0.1) is 11.3 Å². The molecule has 1 aliphatic heterocycles. The number of Topliss-reactive ketones (excluding diaryl/α,β-unsaturated/α-hetero) is 1. The van der Waals surface area contributed by atoms with Crippen molar-refractivity contribution in [3.8, 4) is 0 Å². The molecule has 2 rings (SSSR count). The Morgan fingerprint density at radius 1 is 1.31 bits per heavy atom. The molecule has 1 aromatic rings. The maximum absolute atomic E-state index is 12.1. The molecule has 0 unspecified atom stereocenters. The molecule has 0 saturated carbocycles. The fourth-order valence-corrected chi connectivity index (χ4v) is 2.80. The molecular formula is C12H15NO2S. The average Bonchev–Trinajstić information content (AvgIpc) is 2.59. The molecule has 86 valence electrons. The minimum absolute atomic E-state index is 0.0775. The minimum Gasteiger partial charge on any atom is -0.337 e. The van der Waals surface area contributed by atoms with Crippen LogP contribution in [-0.4, -0.2) is 29.7 Å². The van der Waals surface area contributed by atoms with Gasteiger partial charge >= 0.3 is 0 Å². The molecule has 1 aliphatic rings. The number of hydrogen-bond acceptors (Lipinski definition) is 3. The van der Waals surface area contributed by atoms with Crippen molar-refractivity contribution in [1.29, 1.82) is 0 Å². The highest BCUT2D eigenvalue weighted by Gasteiger charge is 2.23. The summed E-state index contributed by atoms with van der Waals surface area (Å²) in [7, 11) is 0. The van der Waals surface area contributed by atoms with Crippen LogP contribution in [0.25, 0.3) is 0 Å². The monoisotopic (exact) mass is 237 g/mol. The highest BCUT2D eigenvalue weighted by atomic mass is 32.1. The smallest absolute Gasteiger partial charge is 0.263 e. The number of hydrogen-bond donors (Lipinski definition) is 0. The molecule has 1 aromatic heterocycles. The van der Waals surface area contributed by atoms with E-state index in [0.29, 0.717) is 25.9 Å². The zero-order valence-corrected chi connectivity index (χ0v) is 10.4. The van der Waals surface area contributed by atoms with Crippen LogP contribution in [0, 0.1) is 13.8 Å². The number of rotatable bonds is 1. The Labute approximate surface area is 99.1 Å². The standard InChI is InChI=1S/C12H15NO2S/c1-8-7-11(16-9(8)2)12(15)13-5-3-10(14)4-6-13/h7H,3-6H2,1-2H3. The summed E-state index contributed by atoms with van der Waals surface area (Å²) in [4.78, 5) is 27.0. The second kappa shape index (κ2) is 4.37.